The molecule has 5 heteroatoms. The summed E-state index contributed by atoms with van der Waals surface area (Å²) >= 11 is 0. The molecule has 0 bridgehead atoms. The molecule has 1 aromatic rings. The van der Waals surface area contributed by atoms with E-state index in [9.17, 15) is 0 Å². The lowest BCUT2D eigenvalue weighted by Gasteiger charge is -2.21. The molecule has 3 N–H and O–H groups in total. The molecule has 1 aromatic heterocycles. The van der Waals surface area contributed by atoms with Crippen molar-refractivity contribution in [1.29, 1.82) is 0 Å². The van der Waals surface area contributed by atoms with Gasteiger partial charge in [-0.25, -0.2) is 0 Å². The van der Waals surface area contributed by atoms with E-state index in [4.69, 9.17) is 10.9 Å². The number of nitrogens with zero attached hydrogens (tertiary/aromatic N) is 3. The summed E-state index contributed by atoms with van der Waals surface area (Å²) in [5.41, 5.74) is 6.82. The highest BCUT2D eigenvalue weighted by molar-refractivity contribution is 5.79. The van der Waals surface area contributed by atoms with Gasteiger partial charge in [0.25, 0.3) is 0 Å². The van der Waals surface area contributed by atoms with E-state index in [2.05, 4.69) is 27.2 Å². The van der Waals surface area contributed by atoms with Gasteiger partial charge in [-0.15, -0.1) is 0 Å². The lowest BCUT2D eigenvalue weighted by Crippen LogP contribution is -2.32. The van der Waals surface area contributed by atoms with Crippen molar-refractivity contribution in [3.8, 4) is 0 Å². The Hall–Kier alpha value is -1.62. The van der Waals surface area contributed by atoms with Crippen molar-refractivity contribution >= 4 is 5.84 Å². The number of amidine groups is 1. The van der Waals surface area contributed by atoms with Gasteiger partial charge in [0.1, 0.15) is 5.84 Å². The van der Waals surface area contributed by atoms with Crippen LogP contribution in [0.1, 0.15) is 24.8 Å². The van der Waals surface area contributed by atoms with Crippen LogP contribution in [-0.2, 0) is 6.42 Å². The van der Waals surface area contributed by atoms with Crippen molar-refractivity contribution < 1.29 is 5.21 Å². The van der Waals surface area contributed by atoms with Gasteiger partial charge in [-0.2, -0.15) is 0 Å². The molecule has 98 valence electrons. The number of aromatic nitrogens is 1. The molecule has 18 heavy (non-hydrogen) atoms. The third-order valence-corrected chi connectivity index (χ3v) is 3.28. The molecule has 1 fully saturated rings. The Bertz CT molecular complexity index is 389. The molecule has 0 unspecified atom stereocenters. The molecule has 0 amide bonds. The van der Waals surface area contributed by atoms with Crippen LogP contribution in [0.25, 0.3) is 0 Å². The zero-order chi connectivity index (χ0) is 12.8. The van der Waals surface area contributed by atoms with Gasteiger partial charge >= 0.3 is 0 Å². The van der Waals surface area contributed by atoms with Gasteiger partial charge in [-0.05, 0) is 37.0 Å². The second-order valence-electron chi connectivity index (χ2n) is 4.71. The Morgan fingerprint density at radius 1 is 1.39 bits per heavy atom. The van der Waals surface area contributed by atoms with Gasteiger partial charge in [-0.1, -0.05) is 5.16 Å². The van der Waals surface area contributed by atoms with Crippen LogP contribution in [0, 0.1) is 0 Å². The standard InChI is InChI=1S/C13H20N4O/c14-13(16-18)6-10-17(12-1-2-12)9-5-11-3-7-15-8-4-11/h3-4,7-8,12,18H,1-2,5-6,9-10H2,(H2,14,16). The maximum Gasteiger partial charge on any atom is 0.140 e. The van der Waals surface area contributed by atoms with Gasteiger partial charge in [0.2, 0.25) is 0 Å². The highest BCUT2D eigenvalue weighted by Gasteiger charge is 2.28. The van der Waals surface area contributed by atoms with Crippen molar-refractivity contribution in [2.75, 3.05) is 13.1 Å². The summed E-state index contributed by atoms with van der Waals surface area (Å²) in [5, 5.41) is 11.6. The fourth-order valence-electron chi connectivity index (χ4n) is 2.05. The molecule has 1 saturated carbocycles. The zero-order valence-corrected chi connectivity index (χ0v) is 10.5. The Labute approximate surface area is 107 Å². The van der Waals surface area contributed by atoms with Crippen LogP contribution in [0.5, 0.6) is 0 Å². The molecule has 5 nitrogen and oxygen atoms in total. The van der Waals surface area contributed by atoms with E-state index < -0.39 is 0 Å². The zero-order valence-electron chi connectivity index (χ0n) is 10.5. The second-order valence-corrected chi connectivity index (χ2v) is 4.71. The summed E-state index contributed by atoms with van der Waals surface area (Å²) in [7, 11) is 0. The first-order valence-electron chi connectivity index (χ1n) is 6.39. The highest BCUT2D eigenvalue weighted by Crippen LogP contribution is 2.27. The SMILES string of the molecule is NC(CCN(CCc1ccncc1)C1CC1)=NO. The topological polar surface area (TPSA) is 74.7 Å². The molecule has 0 atom stereocenters. The normalized spacial score (nSPS) is 16.2. The number of pyridine rings is 1. The lowest BCUT2D eigenvalue weighted by atomic mass is 10.2. The highest BCUT2D eigenvalue weighted by atomic mass is 16.4. The summed E-state index contributed by atoms with van der Waals surface area (Å²) < 4.78 is 0. The van der Waals surface area contributed by atoms with Crippen molar-refractivity contribution in [2.24, 2.45) is 10.9 Å². The summed E-state index contributed by atoms with van der Waals surface area (Å²) in [6.07, 6.45) is 7.85. The maximum absolute atomic E-state index is 8.55. The van der Waals surface area contributed by atoms with Crippen LogP contribution in [0.3, 0.4) is 0 Å². The van der Waals surface area contributed by atoms with Gasteiger partial charge in [0.05, 0.1) is 0 Å². The van der Waals surface area contributed by atoms with Crippen LogP contribution in [0.4, 0.5) is 0 Å². The second kappa shape index (κ2) is 6.35. The van der Waals surface area contributed by atoms with E-state index in [1.165, 1.54) is 18.4 Å². The van der Waals surface area contributed by atoms with E-state index in [0.29, 0.717) is 18.3 Å². The molecular formula is C13H20N4O. The summed E-state index contributed by atoms with van der Waals surface area (Å²) in [5.74, 6) is 0.310. The summed E-state index contributed by atoms with van der Waals surface area (Å²) in [6, 6.07) is 4.79. The third kappa shape index (κ3) is 4.00. The van der Waals surface area contributed by atoms with Crippen LogP contribution < -0.4 is 5.73 Å². The molecule has 0 spiro atoms. The van der Waals surface area contributed by atoms with Crippen LogP contribution in [0.15, 0.2) is 29.7 Å². The molecule has 1 aliphatic rings. The van der Waals surface area contributed by atoms with Crippen molar-refractivity contribution in [3.05, 3.63) is 30.1 Å². The van der Waals surface area contributed by atoms with Gasteiger partial charge in [0, 0.05) is 37.9 Å². The van der Waals surface area contributed by atoms with Gasteiger partial charge in [0.15, 0.2) is 0 Å². The molecule has 2 rings (SSSR count). The van der Waals surface area contributed by atoms with E-state index >= 15 is 0 Å². The molecule has 0 radical (unpaired) electrons. The minimum absolute atomic E-state index is 0.310. The lowest BCUT2D eigenvalue weighted by molar-refractivity contribution is 0.271. The first-order chi connectivity index (χ1) is 8.79. The number of hydrogen-bond donors (Lipinski definition) is 2. The Balaban J connectivity index is 1.80. The smallest absolute Gasteiger partial charge is 0.140 e. The Morgan fingerprint density at radius 3 is 2.72 bits per heavy atom. The number of nitrogens with two attached hydrogens (primary N) is 1. The number of hydrogen-bond acceptors (Lipinski definition) is 4. The van der Waals surface area contributed by atoms with Crippen molar-refractivity contribution in [3.63, 3.8) is 0 Å². The fraction of sp³-hybridized carbons (Fsp3) is 0.538. The molecule has 0 aromatic carbocycles. The van der Waals surface area contributed by atoms with Crippen LogP contribution in [-0.4, -0.2) is 40.1 Å². The minimum atomic E-state index is 0.310. The van der Waals surface area contributed by atoms with Gasteiger partial charge in [-0.3, -0.25) is 9.88 Å². The van der Waals surface area contributed by atoms with Crippen LogP contribution >= 0.6 is 0 Å². The molecule has 1 aliphatic carbocycles. The Morgan fingerprint density at radius 2 is 2.11 bits per heavy atom. The third-order valence-electron chi connectivity index (χ3n) is 3.28. The van der Waals surface area contributed by atoms with Crippen LogP contribution in [0.2, 0.25) is 0 Å². The molecular weight excluding hydrogens is 228 g/mol. The maximum atomic E-state index is 8.55. The number of rotatable bonds is 7. The van der Waals surface area contributed by atoms with Gasteiger partial charge < -0.3 is 10.9 Å². The average Bonchev–Trinajstić information content (AvgIpc) is 3.24. The predicted octanol–water partition coefficient (Wildman–Crippen LogP) is 1.22. The van der Waals surface area contributed by atoms with E-state index in [0.717, 1.165) is 19.5 Å². The average molecular weight is 248 g/mol. The monoisotopic (exact) mass is 248 g/mol. The molecule has 0 aliphatic heterocycles. The molecule has 1 heterocycles. The Kier molecular flexibility index (Phi) is 4.52. The van der Waals surface area contributed by atoms with E-state index in [-0.39, 0.29) is 0 Å². The predicted molar refractivity (Wildman–Crippen MR) is 70.6 cm³/mol. The van der Waals surface area contributed by atoms with E-state index in [1.54, 1.807) is 0 Å². The first kappa shape index (κ1) is 12.8. The molecule has 0 saturated heterocycles. The fourth-order valence-corrected chi connectivity index (χ4v) is 2.05. The first-order valence-corrected chi connectivity index (χ1v) is 6.39. The van der Waals surface area contributed by atoms with Crippen molar-refractivity contribution in [1.82, 2.24) is 9.88 Å². The summed E-state index contributed by atoms with van der Waals surface area (Å²) in [6.45, 7) is 1.89. The minimum Gasteiger partial charge on any atom is -0.409 e. The largest absolute Gasteiger partial charge is 0.409 e. The number of oxime groups is 1. The summed E-state index contributed by atoms with van der Waals surface area (Å²) in [4.78, 5) is 6.45. The quantitative estimate of drug-likeness (QED) is 0.329. The van der Waals surface area contributed by atoms with Crippen molar-refractivity contribution in [2.45, 2.75) is 31.7 Å². The van der Waals surface area contributed by atoms with E-state index in [1.807, 2.05) is 12.4 Å².